The van der Waals surface area contributed by atoms with Gasteiger partial charge in [-0.15, -0.1) is 0 Å². The first-order valence-electron chi connectivity index (χ1n) is 7.04. The number of hydrogen-bond acceptors (Lipinski definition) is 4. The molecule has 0 aromatic carbocycles. The molecule has 2 aliphatic rings. The zero-order valence-electron chi connectivity index (χ0n) is 11.7. The Morgan fingerprint density at radius 2 is 2.15 bits per heavy atom. The second-order valence-corrected chi connectivity index (χ2v) is 7.17. The molecule has 7 nitrogen and oxygen atoms in total. The third kappa shape index (κ3) is 3.13. The Hall–Kier alpha value is -0.700. The lowest BCUT2D eigenvalue weighted by molar-refractivity contribution is -0.142. The molecule has 2 unspecified atom stereocenters. The lowest BCUT2D eigenvalue weighted by Crippen LogP contribution is -2.55. The standard InChI is InChI=1S/C12H22N2O5S/c1-2-11-9-19-7-6-14(11)20(17,18)13-5-3-4-10(8-13)12(15)16/h10-11H,2-9H2,1H3,(H,15,16). The van der Waals surface area contributed by atoms with Crippen LogP contribution in [-0.2, 0) is 19.7 Å². The van der Waals surface area contributed by atoms with Gasteiger partial charge in [-0.05, 0) is 19.3 Å². The Labute approximate surface area is 119 Å². The first kappa shape index (κ1) is 15.7. The summed E-state index contributed by atoms with van der Waals surface area (Å²) < 4.78 is 33.5. The summed E-state index contributed by atoms with van der Waals surface area (Å²) in [6, 6.07) is -0.154. The number of piperidine rings is 1. The number of ether oxygens (including phenoxy) is 1. The third-order valence-corrected chi connectivity index (χ3v) is 6.06. The summed E-state index contributed by atoms with van der Waals surface area (Å²) in [6.45, 7) is 3.55. The van der Waals surface area contributed by atoms with Gasteiger partial charge in [0.25, 0.3) is 10.2 Å². The van der Waals surface area contributed by atoms with Crippen molar-refractivity contribution in [2.45, 2.75) is 32.2 Å². The van der Waals surface area contributed by atoms with Crippen molar-refractivity contribution in [1.82, 2.24) is 8.61 Å². The number of carbonyl (C=O) groups is 1. The van der Waals surface area contributed by atoms with E-state index in [4.69, 9.17) is 9.84 Å². The zero-order valence-corrected chi connectivity index (χ0v) is 12.5. The molecule has 20 heavy (non-hydrogen) atoms. The van der Waals surface area contributed by atoms with Gasteiger partial charge >= 0.3 is 5.97 Å². The molecule has 0 saturated carbocycles. The zero-order chi connectivity index (χ0) is 14.8. The molecule has 116 valence electrons. The lowest BCUT2D eigenvalue weighted by Gasteiger charge is -2.39. The van der Waals surface area contributed by atoms with E-state index in [1.54, 1.807) is 0 Å². The monoisotopic (exact) mass is 306 g/mol. The molecule has 2 atom stereocenters. The van der Waals surface area contributed by atoms with Gasteiger partial charge in [0.05, 0.1) is 19.1 Å². The Morgan fingerprint density at radius 1 is 1.40 bits per heavy atom. The van der Waals surface area contributed by atoms with Crippen LogP contribution >= 0.6 is 0 Å². The van der Waals surface area contributed by atoms with Gasteiger partial charge in [0.15, 0.2) is 0 Å². The van der Waals surface area contributed by atoms with Crippen LogP contribution in [0.2, 0.25) is 0 Å². The van der Waals surface area contributed by atoms with Crippen LogP contribution in [0.1, 0.15) is 26.2 Å². The van der Waals surface area contributed by atoms with E-state index >= 15 is 0 Å². The van der Waals surface area contributed by atoms with E-state index in [1.807, 2.05) is 6.92 Å². The maximum atomic E-state index is 12.7. The average Bonchev–Trinajstić information content (AvgIpc) is 2.47. The highest BCUT2D eigenvalue weighted by Gasteiger charge is 2.39. The fourth-order valence-corrected chi connectivity index (χ4v) is 4.68. The van der Waals surface area contributed by atoms with Crippen LogP contribution < -0.4 is 0 Å². The predicted octanol–water partition coefficient (Wildman–Crippen LogP) is 0.139. The summed E-state index contributed by atoms with van der Waals surface area (Å²) >= 11 is 0. The molecule has 1 N–H and O–H groups in total. The fourth-order valence-electron chi connectivity index (χ4n) is 2.77. The highest BCUT2D eigenvalue weighted by molar-refractivity contribution is 7.86. The predicted molar refractivity (Wildman–Crippen MR) is 72.5 cm³/mol. The second kappa shape index (κ2) is 6.38. The Morgan fingerprint density at radius 3 is 2.80 bits per heavy atom. The highest BCUT2D eigenvalue weighted by atomic mass is 32.2. The molecular formula is C12H22N2O5S. The number of morpholine rings is 1. The number of carboxylic acid groups (broad SMARTS) is 1. The van der Waals surface area contributed by atoms with Crippen LogP contribution in [0.5, 0.6) is 0 Å². The molecule has 0 aromatic heterocycles. The van der Waals surface area contributed by atoms with E-state index in [2.05, 4.69) is 0 Å². The van der Waals surface area contributed by atoms with E-state index < -0.39 is 22.1 Å². The van der Waals surface area contributed by atoms with Crippen molar-refractivity contribution in [3.05, 3.63) is 0 Å². The summed E-state index contributed by atoms with van der Waals surface area (Å²) in [5, 5.41) is 9.08. The molecule has 0 bridgehead atoms. The summed E-state index contributed by atoms with van der Waals surface area (Å²) in [5.74, 6) is -1.52. The largest absolute Gasteiger partial charge is 0.481 e. The van der Waals surface area contributed by atoms with Crippen molar-refractivity contribution < 1.29 is 23.1 Å². The number of rotatable bonds is 4. The van der Waals surface area contributed by atoms with Gasteiger partial charge in [-0.25, -0.2) is 0 Å². The van der Waals surface area contributed by atoms with Gasteiger partial charge in [0, 0.05) is 25.7 Å². The van der Waals surface area contributed by atoms with E-state index in [1.165, 1.54) is 8.61 Å². The number of aliphatic carboxylic acids is 1. The Balaban J connectivity index is 2.14. The molecule has 2 rings (SSSR count). The number of hydrogen-bond donors (Lipinski definition) is 1. The van der Waals surface area contributed by atoms with Crippen LogP contribution in [0.25, 0.3) is 0 Å². The summed E-state index contributed by atoms with van der Waals surface area (Å²) in [4.78, 5) is 11.1. The van der Waals surface area contributed by atoms with Crippen LogP contribution in [-0.4, -0.2) is 67.0 Å². The summed E-state index contributed by atoms with van der Waals surface area (Å²) in [7, 11) is -3.59. The van der Waals surface area contributed by atoms with Crippen LogP contribution in [0.4, 0.5) is 0 Å². The van der Waals surface area contributed by atoms with Gasteiger partial charge in [-0.3, -0.25) is 4.79 Å². The van der Waals surface area contributed by atoms with Crippen LogP contribution in [0.3, 0.4) is 0 Å². The number of carboxylic acids is 1. The van der Waals surface area contributed by atoms with Gasteiger partial charge in [0.1, 0.15) is 0 Å². The van der Waals surface area contributed by atoms with E-state index in [0.717, 1.165) is 0 Å². The van der Waals surface area contributed by atoms with Gasteiger partial charge in [-0.1, -0.05) is 6.92 Å². The normalized spacial score (nSPS) is 30.2. The third-order valence-electron chi connectivity index (χ3n) is 4.00. The molecule has 2 saturated heterocycles. The second-order valence-electron chi connectivity index (χ2n) is 5.29. The number of nitrogens with zero attached hydrogens (tertiary/aromatic N) is 2. The van der Waals surface area contributed by atoms with E-state index in [-0.39, 0.29) is 12.6 Å². The quantitative estimate of drug-likeness (QED) is 0.798. The molecule has 0 amide bonds. The Kier molecular flexibility index (Phi) is 5.00. The first-order valence-corrected chi connectivity index (χ1v) is 8.44. The summed E-state index contributed by atoms with van der Waals surface area (Å²) in [6.07, 6.45) is 1.83. The smallest absolute Gasteiger partial charge is 0.307 e. The van der Waals surface area contributed by atoms with E-state index in [0.29, 0.717) is 45.6 Å². The molecule has 2 aliphatic heterocycles. The molecule has 8 heteroatoms. The molecule has 0 aliphatic carbocycles. The van der Waals surface area contributed by atoms with Crippen molar-refractivity contribution in [2.75, 3.05) is 32.8 Å². The van der Waals surface area contributed by atoms with Crippen LogP contribution in [0.15, 0.2) is 0 Å². The maximum absolute atomic E-state index is 12.7. The fraction of sp³-hybridized carbons (Fsp3) is 0.917. The van der Waals surface area contributed by atoms with Gasteiger partial charge in [0.2, 0.25) is 0 Å². The molecular weight excluding hydrogens is 284 g/mol. The molecule has 0 radical (unpaired) electrons. The molecule has 2 fully saturated rings. The highest BCUT2D eigenvalue weighted by Crippen LogP contribution is 2.24. The van der Waals surface area contributed by atoms with Gasteiger partial charge < -0.3 is 9.84 Å². The van der Waals surface area contributed by atoms with Crippen molar-refractivity contribution in [1.29, 1.82) is 0 Å². The average molecular weight is 306 g/mol. The first-order chi connectivity index (χ1) is 9.46. The molecule has 0 spiro atoms. The minimum atomic E-state index is -3.59. The lowest BCUT2D eigenvalue weighted by atomic mass is 10.0. The molecule has 0 aromatic rings. The van der Waals surface area contributed by atoms with E-state index in [9.17, 15) is 13.2 Å². The topological polar surface area (TPSA) is 87.2 Å². The van der Waals surface area contributed by atoms with Crippen molar-refractivity contribution in [3.63, 3.8) is 0 Å². The Bertz CT molecular complexity index is 453. The summed E-state index contributed by atoms with van der Waals surface area (Å²) in [5.41, 5.74) is 0. The SMILES string of the molecule is CCC1COCCN1S(=O)(=O)N1CCCC(C(=O)O)C1. The minimum Gasteiger partial charge on any atom is -0.481 e. The van der Waals surface area contributed by atoms with Crippen LogP contribution in [0, 0.1) is 5.92 Å². The van der Waals surface area contributed by atoms with Crippen molar-refractivity contribution in [2.24, 2.45) is 5.92 Å². The van der Waals surface area contributed by atoms with Gasteiger partial charge in [-0.2, -0.15) is 17.0 Å². The minimum absolute atomic E-state index is 0.0749. The van der Waals surface area contributed by atoms with Crippen molar-refractivity contribution in [3.8, 4) is 0 Å². The maximum Gasteiger partial charge on any atom is 0.307 e. The van der Waals surface area contributed by atoms with Crippen molar-refractivity contribution >= 4 is 16.2 Å². The molecule has 2 heterocycles.